The van der Waals surface area contributed by atoms with E-state index in [0.717, 1.165) is 32.0 Å². The van der Waals surface area contributed by atoms with Gasteiger partial charge in [0.1, 0.15) is 5.82 Å². The quantitative estimate of drug-likeness (QED) is 0.892. The van der Waals surface area contributed by atoms with Crippen LogP contribution >= 0.6 is 0 Å². The molecule has 0 spiro atoms. The first-order chi connectivity index (χ1) is 8.43. The molecule has 1 aromatic rings. The Kier molecular flexibility index (Phi) is 3.81. The van der Waals surface area contributed by atoms with Crippen molar-refractivity contribution < 1.29 is 0 Å². The van der Waals surface area contributed by atoms with E-state index in [1.807, 2.05) is 0 Å². The maximum Gasteiger partial charge on any atom is 0.114 e. The highest BCUT2D eigenvalue weighted by molar-refractivity contribution is 5.23. The summed E-state index contributed by atoms with van der Waals surface area (Å²) in [4.78, 5) is 4.91. The van der Waals surface area contributed by atoms with Crippen LogP contribution in [-0.2, 0) is 24.9 Å². The van der Waals surface area contributed by atoms with E-state index in [1.54, 1.807) is 0 Å². The minimum atomic E-state index is 0.130. The number of nitrogens with zero attached hydrogens (tertiary/aromatic N) is 2. The van der Waals surface area contributed by atoms with Crippen molar-refractivity contribution in [1.82, 2.24) is 14.9 Å². The van der Waals surface area contributed by atoms with Gasteiger partial charge in [0.05, 0.1) is 5.69 Å². The van der Waals surface area contributed by atoms with Gasteiger partial charge in [-0.1, -0.05) is 41.0 Å². The highest BCUT2D eigenvalue weighted by atomic mass is 15.1. The predicted octanol–water partition coefficient (Wildman–Crippen LogP) is 2.87. The lowest BCUT2D eigenvalue weighted by atomic mass is 9.95. The first-order valence-corrected chi connectivity index (χ1v) is 7.23. The van der Waals surface area contributed by atoms with Gasteiger partial charge in [-0.3, -0.25) is 0 Å². The first kappa shape index (κ1) is 13.6. The van der Waals surface area contributed by atoms with E-state index in [1.165, 1.54) is 23.6 Å². The summed E-state index contributed by atoms with van der Waals surface area (Å²) in [6, 6.07) is 0. The second-order valence-corrected chi connectivity index (χ2v) is 6.63. The Morgan fingerprint density at radius 1 is 1.39 bits per heavy atom. The zero-order chi connectivity index (χ0) is 13.3. The minimum absolute atomic E-state index is 0.130. The topological polar surface area (TPSA) is 29.9 Å². The minimum Gasteiger partial charge on any atom is -0.331 e. The molecule has 0 aromatic carbocycles. The molecule has 0 radical (unpaired) electrons. The molecular weight excluding hydrogens is 222 g/mol. The molecule has 102 valence electrons. The molecule has 0 fully saturated rings. The molecule has 0 saturated carbocycles. The summed E-state index contributed by atoms with van der Waals surface area (Å²) in [7, 11) is 0. The van der Waals surface area contributed by atoms with Crippen molar-refractivity contribution in [1.29, 1.82) is 0 Å². The molecule has 2 heterocycles. The van der Waals surface area contributed by atoms with E-state index in [2.05, 4.69) is 44.5 Å². The lowest BCUT2D eigenvalue weighted by Gasteiger charge is -2.23. The fraction of sp³-hybridized carbons (Fsp3) is 0.800. The van der Waals surface area contributed by atoms with Crippen LogP contribution in [0.25, 0.3) is 0 Å². The molecule has 1 aromatic heterocycles. The average molecular weight is 249 g/mol. The predicted molar refractivity (Wildman–Crippen MR) is 75.8 cm³/mol. The molecule has 0 amide bonds. The van der Waals surface area contributed by atoms with Crippen LogP contribution in [0.3, 0.4) is 0 Å². The third kappa shape index (κ3) is 2.61. The summed E-state index contributed by atoms with van der Waals surface area (Å²) in [6.07, 6.45) is 2.35. The molecular formula is C15H27N3. The lowest BCUT2D eigenvalue weighted by molar-refractivity contribution is 0.414. The Bertz CT molecular complexity index is 412. The van der Waals surface area contributed by atoms with Gasteiger partial charge < -0.3 is 9.88 Å². The molecule has 0 saturated heterocycles. The lowest BCUT2D eigenvalue weighted by Crippen LogP contribution is -2.26. The van der Waals surface area contributed by atoms with Crippen molar-refractivity contribution in [3.63, 3.8) is 0 Å². The standard InChI is InChI=1S/C15H27N3/c1-6-11(2)10-18-13-7-8-16-9-12(13)17-14(18)15(3,4)5/h11,16H,6-10H2,1-5H3. The Hall–Kier alpha value is -0.830. The van der Waals surface area contributed by atoms with Crippen molar-refractivity contribution in [2.24, 2.45) is 5.92 Å². The monoisotopic (exact) mass is 249 g/mol. The van der Waals surface area contributed by atoms with Gasteiger partial charge in [0.15, 0.2) is 0 Å². The summed E-state index contributed by atoms with van der Waals surface area (Å²) >= 11 is 0. The molecule has 3 nitrogen and oxygen atoms in total. The fourth-order valence-electron chi connectivity index (χ4n) is 2.58. The number of nitrogens with one attached hydrogen (secondary N) is 1. The number of hydrogen-bond donors (Lipinski definition) is 1. The van der Waals surface area contributed by atoms with E-state index in [4.69, 9.17) is 4.98 Å². The molecule has 3 heteroatoms. The van der Waals surface area contributed by atoms with Crippen molar-refractivity contribution in [3.8, 4) is 0 Å². The summed E-state index contributed by atoms with van der Waals surface area (Å²) in [6.45, 7) is 14.5. The smallest absolute Gasteiger partial charge is 0.114 e. The Morgan fingerprint density at radius 2 is 2.11 bits per heavy atom. The summed E-state index contributed by atoms with van der Waals surface area (Å²) in [5, 5.41) is 3.42. The van der Waals surface area contributed by atoms with Crippen LogP contribution in [-0.4, -0.2) is 16.1 Å². The van der Waals surface area contributed by atoms with Crippen LogP contribution in [0, 0.1) is 5.92 Å². The zero-order valence-electron chi connectivity index (χ0n) is 12.5. The van der Waals surface area contributed by atoms with Crippen molar-refractivity contribution in [2.75, 3.05) is 6.54 Å². The second-order valence-electron chi connectivity index (χ2n) is 6.63. The first-order valence-electron chi connectivity index (χ1n) is 7.23. The van der Waals surface area contributed by atoms with E-state index < -0.39 is 0 Å². The summed E-state index contributed by atoms with van der Waals surface area (Å²) in [5.41, 5.74) is 2.87. The summed E-state index contributed by atoms with van der Waals surface area (Å²) in [5.74, 6) is 1.98. The molecule has 1 atom stereocenters. The van der Waals surface area contributed by atoms with Crippen molar-refractivity contribution in [3.05, 3.63) is 17.2 Å². The number of fused-ring (bicyclic) bond motifs is 1. The second kappa shape index (κ2) is 5.04. The van der Waals surface area contributed by atoms with Gasteiger partial charge in [-0.25, -0.2) is 4.98 Å². The van der Waals surface area contributed by atoms with Crippen molar-refractivity contribution >= 4 is 0 Å². The van der Waals surface area contributed by atoms with Gasteiger partial charge in [-0.05, 0) is 5.92 Å². The van der Waals surface area contributed by atoms with Gasteiger partial charge in [0, 0.05) is 37.2 Å². The third-order valence-corrected chi connectivity index (χ3v) is 3.85. The van der Waals surface area contributed by atoms with Gasteiger partial charge in [-0.15, -0.1) is 0 Å². The maximum absolute atomic E-state index is 4.91. The number of aromatic nitrogens is 2. The SMILES string of the molecule is CCC(C)Cn1c(C(C)(C)C)nc2c1CCNC2. The molecule has 2 rings (SSSR count). The molecule has 18 heavy (non-hydrogen) atoms. The van der Waals surface area contributed by atoms with Crippen LogP contribution in [0.4, 0.5) is 0 Å². The Balaban J connectivity index is 2.42. The molecule has 1 aliphatic rings. The third-order valence-electron chi connectivity index (χ3n) is 3.85. The van der Waals surface area contributed by atoms with Crippen LogP contribution in [0.2, 0.25) is 0 Å². The molecule has 1 N–H and O–H groups in total. The molecule has 0 aliphatic carbocycles. The van der Waals surface area contributed by atoms with Gasteiger partial charge in [0.25, 0.3) is 0 Å². The normalized spacial score (nSPS) is 17.6. The molecule has 1 unspecified atom stereocenters. The number of imidazole rings is 1. The van der Waals surface area contributed by atoms with Gasteiger partial charge in [-0.2, -0.15) is 0 Å². The van der Waals surface area contributed by atoms with Crippen LogP contribution < -0.4 is 5.32 Å². The maximum atomic E-state index is 4.91. The largest absolute Gasteiger partial charge is 0.331 e. The van der Waals surface area contributed by atoms with Gasteiger partial charge in [0.2, 0.25) is 0 Å². The average Bonchev–Trinajstić information content (AvgIpc) is 2.68. The Morgan fingerprint density at radius 3 is 2.72 bits per heavy atom. The summed E-state index contributed by atoms with van der Waals surface area (Å²) < 4.78 is 2.50. The zero-order valence-corrected chi connectivity index (χ0v) is 12.5. The van der Waals surface area contributed by atoms with Crippen LogP contribution in [0.15, 0.2) is 0 Å². The van der Waals surface area contributed by atoms with E-state index in [9.17, 15) is 0 Å². The number of hydrogen-bond acceptors (Lipinski definition) is 2. The molecule has 1 aliphatic heterocycles. The molecule has 0 bridgehead atoms. The van der Waals surface area contributed by atoms with E-state index in [0.29, 0.717) is 0 Å². The van der Waals surface area contributed by atoms with Gasteiger partial charge >= 0.3 is 0 Å². The van der Waals surface area contributed by atoms with E-state index >= 15 is 0 Å². The van der Waals surface area contributed by atoms with E-state index in [-0.39, 0.29) is 5.41 Å². The van der Waals surface area contributed by atoms with Crippen molar-refractivity contribution in [2.45, 2.75) is 66.0 Å². The highest BCUT2D eigenvalue weighted by Crippen LogP contribution is 2.27. The fourth-order valence-corrected chi connectivity index (χ4v) is 2.58. The number of rotatable bonds is 3. The highest BCUT2D eigenvalue weighted by Gasteiger charge is 2.27. The Labute approximate surface area is 111 Å². The van der Waals surface area contributed by atoms with Crippen LogP contribution in [0.5, 0.6) is 0 Å². The van der Waals surface area contributed by atoms with Crippen LogP contribution in [0.1, 0.15) is 58.3 Å².